The van der Waals surface area contributed by atoms with Gasteiger partial charge in [-0.15, -0.1) is 0 Å². The molecule has 0 bridgehead atoms. The quantitative estimate of drug-likeness (QED) is 0.680. The van der Waals surface area contributed by atoms with E-state index in [4.69, 9.17) is 0 Å². The lowest BCUT2D eigenvalue weighted by atomic mass is 9.86. The van der Waals surface area contributed by atoms with E-state index < -0.39 is 5.91 Å². The van der Waals surface area contributed by atoms with Gasteiger partial charge in [0.15, 0.2) is 0 Å². The van der Waals surface area contributed by atoms with Crippen LogP contribution in [0.25, 0.3) is 6.08 Å². The highest BCUT2D eigenvalue weighted by atomic mass is 16.1. The van der Waals surface area contributed by atoms with Crippen molar-refractivity contribution in [1.29, 1.82) is 5.26 Å². The van der Waals surface area contributed by atoms with Crippen LogP contribution in [0.2, 0.25) is 0 Å². The van der Waals surface area contributed by atoms with Crippen LogP contribution in [-0.2, 0) is 10.2 Å². The zero-order valence-electron chi connectivity index (χ0n) is 14.4. The molecule has 1 heterocycles. The first-order valence-electron chi connectivity index (χ1n) is 7.77. The summed E-state index contributed by atoms with van der Waals surface area (Å²) in [4.78, 5) is 16.5. The van der Waals surface area contributed by atoms with Crippen molar-refractivity contribution in [3.05, 3.63) is 64.9 Å². The Morgan fingerprint density at radius 3 is 2.38 bits per heavy atom. The topological polar surface area (TPSA) is 65.8 Å². The van der Waals surface area contributed by atoms with E-state index in [1.165, 1.54) is 5.56 Å². The summed E-state index contributed by atoms with van der Waals surface area (Å²) in [6, 6.07) is 15.1. The first kappa shape index (κ1) is 17.4. The normalized spacial score (nSPS) is 11.7. The van der Waals surface area contributed by atoms with E-state index in [1.54, 1.807) is 18.2 Å². The van der Waals surface area contributed by atoms with Gasteiger partial charge in [0.25, 0.3) is 5.91 Å². The Morgan fingerprint density at radius 2 is 1.83 bits per heavy atom. The molecule has 1 N–H and O–H groups in total. The summed E-state index contributed by atoms with van der Waals surface area (Å²) in [5.74, 6) is -0.0280. The predicted molar refractivity (Wildman–Crippen MR) is 96.3 cm³/mol. The molecule has 2 rings (SSSR count). The van der Waals surface area contributed by atoms with Crippen LogP contribution in [0.3, 0.4) is 0 Å². The van der Waals surface area contributed by atoms with Crippen molar-refractivity contribution in [2.24, 2.45) is 0 Å². The molecule has 122 valence electrons. The van der Waals surface area contributed by atoms with E-state index >= 15 is 0 Å². The van der Waals surface area contributed by atoms with Gasteiger partial charge in [-0.1, -0.05) is 51.1 Å². The predicted octanol–water partition coefficient (Wildman–Crippen LogP) is 4.23. The zero-order valence-corrected chi connectivity index (χ0v) is 14.4. The number of pyridine rings is 1. The third-order valence-electron chi connectivity index (χ3n) is 3.58. The summed E-state index contributed by atoms with van der Waals surface area (Å²) in [7, 11) is 0. The molecule has 0 fully saturated rings. The molecule has 0 spiro atoms. The SMILES string of the molecule is Cc1cccc(NC(=O)/C(C#N)=C/c2ccc(C(C)(C)C)cc2)n1. The van der Waals surface area contributed by atoms with Crippen LogP contribution in [-0.4, -0.2) is 10.9 Å². The van der Waals surface area contributed by atoms with Gasteiger partial charge >= 0.3 is 0 Å². The number of nitrogens with zero attached hydrogens (tertiary/aromatic N) is 2. The van der Waals surface area contributed by atoms with Gasteiger partial charge in [-0.3, -0.25) is 4.79 Å². The fourth-order valence-electron chi connectivity index (χ4n) is 2.19. The molecular formula is C20H21N3O. The molecule has 0 aliphatic carbocycles. The van der Waals surface area contributed by atoms with Crippen LogP contribution in [0.15, 0.2) is 48.0 Å². The van der Waals surface area contributed by atoms with E-state index in [0.29, 0.717) is 5.82 Å². The standard InChI is InChI=1S/C20H21N3O/c1-14-6-5-7-18(22-14)23-19(24)16(13-21)12-15-8-10-17(11-9-15)20(2,3)4/h5-12H,1-4H3,(H,22,23,24)/b16-12+. The number of anilines is 1. The second kappa shape index (κ2) is 7.10. The molecule has 0 atom stereocenters. The number of rotatable bonds is 3. The lowest BCUT2D eigenvalue weighted by Crippen LogP contribution is -2.14. The summed E-state index contributed by atoms with van der Waals surface area (Å²) in [5.41, 5.74) is 2.92. The number of nitriles is 1. The third kappa shape index (κ3) is 4.53. The largest absolute Gasteiger partial charge is 0.306 e. The highest BCUT2D eigenvalue weighted by Crippen LogP contribution is 2.22. The molecule has 4 nitrogen and oxygen atoms in total. The maximum absolute atomic E-state index is 12.2. The van der Waals surface area contributed by atoms with Gasteiger partial charge in [-0.25, -0.2) is 4.98 Å². The number of benzene rings is 1. The molecule has 4 heteroatoms. The van der Waals surface area contributed by atoms with Crippen LogP contribution in [0.5, 0.6) is 0 Å². The molecule has 0 unspecified atom stereocenters. The minimum absolute atomic E-state index is 0.0433. The lowest BCUT2D eigenvalue weighted by Gasteiger charge is -2.18. The van der Waals surface area contributed by atoms with Crippen LogP contribution < -0.4 is 5.32 Å². The van der Waals surface area contributed by atoms with Crippen LogP contribution in [0.4, 0.5) is 5.82 Å². The Hall–Kier alpha value is -2.93. The zero-order chi connectivity index (χ0) is 17.7. The maximum atomic E-state index is 12.2. The van der Waals surface area contributed by atoms with Gasteiger partial charge < -0.3 is 5.32 Å². The molecular weight excluding hydrogens is 298 g/mol. The Kier molecular flexibility index (Phi) is 5.15. The minimum atomic E-state index is -0.463. The maximum Gasteiger partial charge on any atom is 0.267 e. The van der Waals surface area contributed by atoms with Crippen LogP contribution >= 0.6 is 0 Å². The summed E-state index contributed by atoms with van der Waals surface area (Å²) < 4.78 is 0. The van der Waals surface area contributed by atoms with Crippen molar-refractivity contribution < 1.29 is 4.79 Å². The first-order chi connectivity index (χ1) is 11.3. The highest BCUT2D eigenvalue weighted by Gasteiger charge is 2.13. The van der Waals surface area contributed by atoms with E-state index in [-0.39, 0.29) is 11.0 Å². The van der Waals surface area contributed by atoms with Crippen molar-refractivity contribution >= 4 is 17.8 Å². The average molecular weight is 319 g/mol. The van der Waals surface area contributed by atoms with Gasteiger partial charge in [-0.2, -0.15) is 5.26 Å². The lowest BCUT2D eigenvalue weighted by molar-refractivity contribution is -0.112. The number of amides is 1. The van der Waals surface area contributed by atoms with Gasteiger partial charge in [0, 0.05) is 5.69 Å². The third-order valence-corrected chi connectivity index (χ3v) is 3.58. The Morgan fingerprint density at radius 1 is 1.17 bits per heavy atom. The summed E-state index contributed by atoms with van der Waals surface area (Å²) in [6.07, 6.45) is 1.58. The Bertz CT molecular complexity index is 806. The minimum Gasteiger partial charge on any atom is -0.306 e. The Labute approximate surface area is 142 Å². The van der Waals surface area contributed by atoms with Gasteiger partial charge in [0.1, 0.15) is 17.5 Å². The molecule has 0 saturated carbocycles. The number of nitrogens with one attached hydrogen (secondary N) is 1. The molecule has 0 saturated heterocycles. The van der Waals surface area contributed by atoms with E-state index in [0.717, 1.165) is 11.3 Å². The number of aryl methyl sites for hydroxylation is 1. The van der Waals surface area contributed by atoms with Crippen molar-refractivity contribution in [3.63, 3.8) is 0 Å². The molecule has 1 amide bonds. The number of carbonyl (C=O) groups excluding carboxylic acids is 1. The summed E-state index contributed by atoms with van der Waals surface area (Å²) >= 11 is 0. The monoisotopic (exact) mass is 319 g/mol. The number of hydrogen-bond acceptors (Lipinski definition) is 3. The fourth-order valence-corrected chi connectivity index (χ4v) is 2.19. The van der Waals surface area contributed by atoms with Crippen LogP contribution in [0.1, 0.15) is 37.6 Å². The second-order valence-electron chi connectivity index (χ2n) is 6.66. The van der Waals surface area contributed by atoms with E-state index in [9.17, 15) is 10.1 Å². The van der Waals surface area contributed by atoms with Crippen molar-refractivity contribution in [2.75, 3.05) is 5.32 Å². The van der Waals surface area contributed by atoms with Crippen molar-refractivity contribution in [2.45, 2.75) is 33.1 Å². The van der Waals surface area contributed by atoms with Crippen LogP contribution in [0, 0.1) is 18.3 Å². The smallest absolute Gasteiger partial charge is 0.267 e. The molecule has 1 aromatic heterocycles. The molecule has 0 radical (unpaired) electrons. The molecule has 2 aromatic rings. The Balaban J connectivity index is 2.19. The first-order valence-corrected chi connectivity index (χ1v) is 7.77. The summed E-state index contributed by atoms with van der Waals surface area (Å²) in [6.45, 7) is 8.26. The number of aromatic nitrogens is 1. The molecule has 0 aliphatic rings. The molecule has 1 aromatic carbocycles. The van der Waals surface area contributed by atoms with Gasteiger partial charge in [0.05, 0.1) is 0 Å². The van der Waals surface area contributed by atoms with Crippen molar-refractivity contribution in [1.82, 2.24) is 4.98 Å². The molecule has 0 aliphatic heterocycles. The van der Waals surface area contributed by atoms with Crippen molar-refractivity contribution in [3.8, 4) is 6.07 Å². The molecule has 24 heavy (non-hydrogen) atoms. The average Bonchev–Trinajstić information content (AvgIpc) is 2.52. The van der Waals surface area contributed by atoms with Gasteiger partial charge in [-0.05, 0) is 41.7 Å². The van der Waals surface area contributed by atoms with E-state index in [2.05, 4.69) is 31.1 Å². The van der Waals surface area contributed by atoms with E-state index in [1.807, 2.05) is 43.3 Å². The summed E-state index contributed by atoms with van der Waals surface area (Å²) in [5, 5.41) is 11.9. The number of hydrogen-bond donors (Lipinski definition) is 1. The second-order valence-corrected chi connectivity index (χ2v) is 6.66. The fraction of sp³-hybridized carbons (Fsp3) is 0.250. The van der Waals surface area contributed by atoms with Gasteiger partial charge in [0.2, 0.25) is 0 Å². The number of carbonyl (C=O) groups is 1. The highest BCUT2D eigenvalue weighted by molar-refractivity contribution is 6.09.